The molecular weight excluding hydrogens is 202 g/mol. The molecule has 0 aromatic carbocycles. The summed E-state index contributed by atoms with van der Waals surface area (Å²) in [5.74, 6) is 0.361. The van der Waals surface area contributed by atoms with E-state index in [2.05, 4.69) is 10.3 Å². The predicted octanol–water partition coefficient (Wildman–Crippen LogP) is 0.782. The number of nitrogens with one attached hydrogen (secondary N) is 1. The number of pyridine rings is 1. The molecule has 1 aliphatic rings. The molecule has 4 nitrogen and oxygen atoms in total. The van der Waals surface area contributed by atoms with Crippen LogP contribution in [0.2, 0.25) is 0 Å². The minimum Gasteiger partial charge on any atom is -0.368 e. The summed E-state index contributed by atoms with van der Waals surface area (Å²) in [7, 11) is 0. The average molecular weight is 219 g/mol. The molecule has 0 radical (unpaired) electrons. The SMILES string of the molecule is CC(NCC1CC1)(C(N)=O)c1ccncc1. The van der Waals surface area contributed by atoms with Crippen LogP contribution in [0.3, 0.4) is 0 Å². The zero-order valence-electron chi connectivity index (χ0n) is 9.44. The maximum Gasteiger partial charge on any atom is 0.242 e. The third kappa shape index (κ3) is 2.22. The summed E-state index contributed by atoms with van der Waals surface area (Å²) >= 11 is 0. The van der Waals surface area contributed by atoms with Crippen molar-refractivity contribution in [3.63, 3.8) is 0 Å². The number of primary amides is 1. The van der Waals surface area contributed by atoms with E-state index in [0.717, 1.165) is 12.1 Å². The molecule has 0 aliphatic heterocycles. The van der Waals surface area contributed by atoms with E-state index < -0.39 is 5.54 Å². The predicted molar refractivity (Wildman–Crippen MR) is 61.5 cm³/mol. The van der Waals surface area contributed by atoms with Gasteiger partial charge in [-0.25, -0.2) is 0 Å². The Morgan fingerprint density at radius 1 is 1.56 bits per heavy atom. The van der Waals surface area contributed by atoms with Crippen LogP contribution < -0.4 is 11.1 Å². The lowest BCUT2D eigenvalue weighted by atomic mass is 9.92. The normalized spacial score (nSPS) is 19.1. The van der Waals surface area contributed by atoms with Gasteiger partial charge in [0, 0.05) is 12.4 Å². The van der Waals surface area contributed by atoms with Gasteiger partial charge >= 0.3 is 0 Å². The van der Waals surface area contributed by atoms with Crippen molar-refractivity contribution < 1.29 is 4.79 Å². The maximum absolute atomic E-state index is 11.6. The van der Waals surface area contributed by atoms with Crippen molar-refractivity contribution in [1.82, 2.24) is 10.3 Å². The van der Waals surface area contributed by atoms with Crippen molar-refractivity contribution in [1.29, 1.82) is 0 Å². The van der Waals surface area contributed by atoms with Gasteiger partial charge in [-0.15, -0.1) is 0 Å². The Kier molecular flexibility index (Phi) is 2.92. The van der Waals surface area contributed by atoms with Crippen LogP contribution in [-0.4, -0.2) is 17.4 Å². The molecule has 1 amide bonds. The molecule has 16 heavy (non-hydrogen) atoms. The zero-order chi connectivity index (χ0) is 11.6. The summed E-state index contributed by atoms with van der Waals surface area (Å²) in [5.41, 5.74) is 5.57. The Balaban J connectivity index is 2.16. The quantitative estimate of drug-likeness (QED) is 0.769. The fraction of sp³-hybridized carbons (Fsp3) is 0.500. The third-order valence-corrected chi connectivity index (χ3v) is 3.19. The molecular formula is C12H17N3O. The van der Waals surface area contributed by atoms with Crippen molar-refractivity contribution in [2.75, 3.05) is 6.54 Å². The molecule has 1 fully saturated rings. The van der Waals surface area contributed by atoms with E-state index in [1.165, 1.54) is 12.8 Å². The molecule has 4 heteroatoms. The van der Waals surface area contributed by atoms with Crippen LogP contribution in [-0.2, 0) is 10.3 Å². The molecule has 1 saturated carbocycles. The highest BCUT2D eigenvalue weighted by Gasteiger charge is 2.34. The first kappa shape index (κ1) is 11.1. The van der Waals surface area contributed by atoms with Crippen LogP contribution in [0.15, 0.2) is 24.5 Å². The average Bonchev–Trinajstić information content (AvgIpc) is 3.10. The zero-order valence-corrected chi connectivity index (χ0v) is 9.44. The van der Waals surface area contributed by atoms with Gasteiger partial charge in [0.2, 0.25) is 5.91 Å². The standard InChI is InChI=1S/C12H17N3O/c1-12(11(13)16,15-8-9-2-3-9)10-4-6-14-7-5-10/h4-7,9,15H,2-3,8H2,1H3,(H2,13,16). The van der Waals surface area contributed by atoms with Crippen molar-refractivity contribution in [3.05, 3.63) is 30.1 Å². The number of hydrogen-bond acceptors (Lipinski definition) is 3. The van der Waals surface area contributed by atoms with Gasteiger partial charge < -0.3 is 5.73 Å². The molecule has 1 aliphatic carbocycles. The first-order chi connectivity index (χ1) is 7.63. The van der Waals surface area contributed by atoms with Crippen LogP contribution in [0.1, 0.15) is 25.3 Å². The molecule has 1 heterocycles. The molecule has 1 aromatic rings. The Hall–Kier alpha value is -1.42. The monoisotopic (exact) mass is 219 g/mol. The van der Waals surface area contributed by atoms with Gasteiger partial charge in [-0.2, -0.15) is 0 Å². The lowest BCUT2D eigenvalue weighted by Gasteiger charge is -2.28. The molecule has 1 unspecified atom stereocenters. The topological polar surface area (TPSA) is 68.0 Å². The summed E-state index contributed by atoms with van der Waals surface area (Å²) in [6, 6.07) is 3.65. The Bertz CT molecular complexity index is 375. The molecule has 0 spiro atoms. The van der Waals surface area contributed by atoms with Gasteiger partial charge in [0.1, 0.15) is 5.54 Å². The number of nitrogens with zero attached hydrogens (tertiary/aromatic N) is 1. The summed E-state index contributed by atoms with van der Waals surface area (Å²) in [5, 5.41) is 3.27. The lowest BCUT2D eigenvalue weighted by molar-refractivity contribution is -0.124. The molecule has 2 rings (SSSR count). The van der Waals surface area contributed by atoms with Gasteiger partial charge in [0.05, 0.1) is 0 Å². The van der Waals surface area contributed by atoms with E-state index in [0.29, 0.717) is 5.92 Å². The van der Waals surface area contributed by atoms with Gasteiger partial charge in [-0.05, 0) is 49.9 Å². The number of carbonyl (C=O) groups excluding carboxylic acids is 1. The van der Waals surface area contributed by atoms with Crippen LogP contribution in [0.5, 0.6) is 0 Å². The number of rotatable bonds is 5. The van der Waals surface area contributed by atoms with Crippen LogP contribution in [0.25, 0.3) is 0 Å². The van der Waals surface area contributed by atoms with Crippen LogP contribution in [0, 0.1) is 5.92 Å². The summed E-state index contributed by atoms with van der Waals surface area (Å²) in [4.78, 5) is 15.5. The van der Waals surface area contributed by atoms with Gasteiger partial charge in [-0.1, -0.05) is 0 Å². The fourth-order valence-corrected chi connectivity index (χ4v) is 1.69. The van der Waals surface area contributed by atoms with E-state index in [4.69, 9.17) is 5.73 Å². The minimum absolute atomic E-state index is 0.348. The number of hydrogen-bond donors (Lipinski definition) is 2. The Morgan fingerprint density at radius 2 is 2.19 bits per heavy atom. The Morgan fingerprint density at radius 3 is 2.69 bits per heavy atom. The molecule has 86 valence electrons. The van der Waals surface area contributed by atoms with E-state index in [9.17, 15) is 4.79 Å². The first-order valence-electron chi connectivity index (χ1n) is 5.58. The highest BCUT2D eigenvalue weighted by Crippen LogP contribution is 2.29. The number of aromatic nitrogens is 1. The van der Waals surface area contributed by atoms with E-state index in [-0.39, 0.29) is 5.91 Å². The molecule has 0 bridgehead atoms. The second-order valence-electron chi connectivity index (χ2n) is 4.55. The number of carbonyl (C=O) groups is 1. The van der Waals surface area contributed by atoms with Gasteiger partial charge in [0.25, 0.3) is 0 Å². The van der Waals surface area contributed by atoms with Crippen molar-refractivity contribution in [3.8, 4) is 0 Å². The van der Waals surface area contributed by atoms with Crippen LogP contribution >= 0.6 is 0 Å². The van der Waals surface area contributed by atoms with E-state index in [1.54, 1.807) is 12.4 Å². The summed E-state index contributed by atoms with van der Waals surface area (Å²) in [6.45, 7) is 2.68. The van der Waals surface area contributed by atoms with Crippen molar-refractivity contribution >= 4 is 5.91 Å². The molecule has 1 atom stereocenters. The first-order valence-corrected chi connectivity index (χ1v) is 5.58. The van der Waals surface area contributed by atoms with Gasteiger partial charge in [0.15, 0.2) is 0 Å². The minimum atomic E-state index is -0.786. The molecule has 1 aromatic heterocycles. The smallest absolute Gasteiger partial charge is 0.242 e. The second-order valence-corrected chi connectivity index (χ2v) is 4.55. The lowest BCUT2D eigenvalue weighted by Crippen LogP contribution is -2.51. The Labute approximate surface area is 95.3 Å². The van der Waals surface area contributed by atoms with Crippen molar-refractivity contribution in [2.45, 2.75) is 25.3 Å². The molecule has 3 N–H and O–H groups in total. The summed E-state index contributed by atoms with van der Waals surface area (Å²) in [6.07, 6.45) is 5.85. The summed E-state index contributed by atoms with van der Waals surface area (Å²) < 4.78 is 0. The van der Waals surface area contributed by atoms with E-state index >= 15 is 0 Å². The third-order valence-electron chi connectivity index (χ3n) is 3.19. The number of nitrogens with two attached hydrogens (primary N) is 1. The second kappa shape index (κ2) is 4.22. The van der Waals surface area contributed by atoms with Crippen molar-refractivity contribution in [2.24, 2.45) is 11.7 Å². The number of amides is 1. The van der Waals surface area contributed by atoms with E-state index in [1.807, 2.05) is 19.1 Å². The largest absolute Gasteiger partial charge is 0.368 e. The molecule has 0 saturated heterocycles. The maximum atomic E-state index is 11.6. The van der Waals surface area contributed by atoms with Gasteiger partial charge in [-0.3, -0.25) is 15.1 Å². The highest BCUT2D eigenvalue weighted by molar-refractivity contribution is 5.85. The fourth-order valence-electron chi connectivity index (χ4n) is 1.69. The van der Waals surface area contributed by atoms with Crippen LogP contribution in [0.4, 0.5) is 0 Å². The highest BCUT2D eigenvalue weighted by atomic mass is 16.1.